The summed E-state index contributed by atoms with van der Waals surface area (Å²) in [5.41, 5.74) is 15.0. The lowest BCUT2D eigenvalue weighted by Gasteiger charge is -2.25. The SMILES string of the molecule is NC(N)=N/N=C1\CC(c2ccccc2)Cc2ncccc21. The van der Waals surface area contributed by atoms with Crippen molar-refractivity contribution >= 4 is 11.7 Å². The van der Waals surface area contributed by atoms with E-state index in [-0.39, 0.29) is 5.96 Å². The van der Waals surface area contributed by atoms with Gasteiger partial charge in [0.05, 0.1) is 11.4 Å². The molecule has 2 aromatic rings. The number of fused-ring (bicyclic) bond motifs is 1. The van der Waals surface area contributed by atoms with Crippen LogP contribution < -0.4 is 11.5 Å². The summed E-state index contributed by atoms with van der Waals surface area (Å²) in [5.74, 6) is 0.316. The quantitative estimate of drug-likeness (QED) is 0.499. The van der Waals surface area contributed by atoms with Crippen molar-refractivity contribution in [2.75, 3.05) is 0 Å². The summed E-state index contributed by atoms with van der Waals surface area (Å²) < 4.78 is 0. The fraction of sp³-hybridized carbons (Fsp3) is 0.188. The van der Waals surface area contributed by atoms with Crippen LogP contribution in [0.4, 0.5) is 0 Å². The van der Waals surface area contributed by atoms with Gasteiger partial charge in [-0.1, -0.05) is 30.3 Å². The van der Waals surface area contributed by atoms with Gasteiger partial charge in [-0.15, -0.1) is 5.10 Å². The molecule has 5 heteroatoms. The molecule has 0 radical (unpaired) electrons. The van der Waals surface area contributed by atoms with E-state index in [0.717, 1.165) is 29.8 Å². The Labute approximate surface area is 123 Å². The molecule has 1 aromatic carbocycles. The molecule has 5 nitrogen and oxygen atoms in total. The molecule has 1 aromatic heterocycles. The lowest BCUT2D eigenvalue weighted by atomic mass is 9.81. The fourth-order valence-corrected chi connectivity index (χ4v) is 2.69. The zero-order valence-electron chi connectivity index (χ0n) is 11.6. The zero-order chi connectivity index (χ0) is 14.7. The molecule has 0 aliphatic heterocycles. The number of guanidine groups is 1. The third kappa shape index (κ3) is 2.91. The van der Waals surface area contributed by atoms with Crippen LogP contribution in [0.15, 0.2) is 58.9 Å². The molecule has 106 valence electrons. The average Bonchev–Trinajstić information content (AvgIpc) is 2.53. The Bertz CT molecular complexity index is 687. The van der Waals surface area contributed by atoms with Crippen LogP contribution in [0.2, 0.25) is 0 Å². The van der Waals surface area contributed by atoms with Gasteiger partial charge >= 0.3 is 0 Å². The van der Waals surface area contributed by atoms with Gasteiger partial charge in [-0.05, 0) is 36.5 Å². The number of hydrogen-bond donors (Lipinski definition) is 2. The summed E-state index contributed by atoms with van der Waals surface area (Å²) in [5, 5.41) is 8.02. The van der Waals surface area contributed by atoms with Gasteiger partial charge in [0.1, 0.15) is 0 Å². The molecule has 21 heavy (non-hydrogen) atoms. The van der Waals surface area contributed by atoms with Crippen molar-refractivity contribution in [3.63, 3.8) is 0 Å². The van der Waals surface area contributed by atoms with E-state index in [2.05, 4.69) is 39.5 Å². The summed E-state index contributed by atoms with van der Waals surface area (Å²) >= 11 is 0. The molecule has 0 amide bonds. The third-order valence-corrected chi connectivity index (χ3v) is 3.64. The van der Waals surface area contributed by atoms with E-state index in [1.165, 1.54) is 5.56 Å². The van der Waals surface area contributed by atoms with E-state index in [1.54, 1.807) is 0 Å². The average molecular weight is 279 g/mol. The summed E-state index contributed by atoms with van der Waals surface area (Å²) in [4.78, 5) is 4.48. The Hall–Kier alpha value is -2.69. The summed E-state index contributed by atoms with van der Waals surface area (Å²) in [7, 11) is 0. The van der Waals surface area contributed by atoms with Crippen LogP contribution in [-0.2, 0) is 6.42 Å². The number of nitrogens with zero attached hydrogens (tertiary/aromatic N) is 3. The Morgan fingerprint density at radius 2 is 1.86 bits per heavy atom. The highest BCUT2D eigenvalue weighted by molar-refractivity contribution is 6.03. The minimum atomic E-state index is -0.0326. The summed E-state index contributed by atoms with van der Waals surface area (Å²) in [6.45, 7) is 0. The van der Waals surface area contributed by atoms with Gasteiger partial charge < -0.3 is 11.5 Å². The normalized spacial score (nSPS) is 19.0. The second-order valence-electron chi connectivity index (χ2n) is 5.09. The number of benzene rings is 1. The minimum absolute atomic E-state index is 0.0326. The molecule has 1 aliphatic carbocycles. The molecule has 1 aliphatic rings. The van der Waals surface area contributed by atoms with E-state index >= 15 is 0 Å². The van der Waals surface area contributed by atoms with Crippen molar-refractivity contribution in [1.29, 1.82) is 0 Å². The van der Waals surface area contributed by atoms with Crippen molar-refractivity contribution in [2.45, 2.75) is 18.8 Å². The third-order valence-electron chi connectivity index (χ3n) is 3.64. The van der Waals surface area contributed by atoms with E-state index < -0.39 is 0 Å². The van der Waals surface area contributed by atoms with Crippen molar-refractivity contribution in [3.8, 4) is 0 Å². The van der Waals surface area contributed by atoms with Gasteiger partial charge in [-0.2, -0.15) is 5.10 Å². The van der Waals surface area contributed by atoms with Crippen molar-refractivity contribution in [2.24, 2.45) is 21.7 Å². The van der Waals surface area contributed by atoms with Crippen LogP contribution in [0, 0.1) is 0 Å². The van der Waals surface area contributed by atoms with E-state index in [9.17, 15) is 0 Å². The lowest BCUT2D eigenvalue weighted by Crippen LogP contribution is -2.23. The van der Waals surface area contributed by atoms with Gasteiger partial charge in [0, 0.05) is 11.8 Å². The van der Waals surface area contributed by atoms with Gasteiger partial charge in [0.25, 0.3) is 0 Å². The largest absolute Gasteiger partial charge is 0.369 e. The molecule has 0 bridgehead atoms. The van der Waals surface area contributed by atoms with Gasteiger partial charge in [0.15, 0.2) is 0 Å². The Balaban J connectivity index is 2.01. The van der Waals surface area contributed by atoms with Crippen molar-refractivity contribution in [1.82, 2.24) is 4.98 Å². The van der Waals surface area contributed by atoms with Crippen LogP contribution >= 0.6 is 0 Å². The van der Waals surface area contributed by atoms with Crippen LogP contribution in [-0.4, -0.2) is 16.7 Å². The predicted molar refractivity (Wildman–Crippen MR) is 84.1 cm³/mol. The van der Waals surface area contributed by atoms with Crippen LogP contribution in [0.3, 0.4) is 0 Å². The number of aromatic nitrogens is 1. The first-order valence-corrected chi connectivity index (χ1v) is 6.88. The molecule has 1 atom stereocenters. The number of pyridine rings is 1. The zero-order valence-corrected chi connectivity index (χ0v) is 11.6. The number of rotatable bonds is 2. The monoisotopic (exact) mass is 279 g/mol. The first kappa shape index (κ1) is 13.3. The van der Waals surface area contributed by atoms with Crippen LogP contribution in [0.1, 0.15) is 29.2 Å². The number of nitrogens with two attached hydrogens (primary N) is 2. The van der Waals surface area contributed by atoms with Gasteiger partial charge in [-0.3, -0.25) is 4.98 Å². The molecule has 1 unspecified atom stereocenters. The van der Waals surface area contributed by atoms with Crippen LogP contribution in [0.5, 0.6) is 0 Å². The predicted octanol–water partition coefficient (Wildman–Crippen LogP) is 1.79. The van der Waals surface area contributed by atoms with Crippen molar-refractivity contribution in [3.05, 3.63) is 65.5 Å². The molecule has 0 saturated heterocycles. The second kappa shape index (κ2) is 5.75. The number of hydrogen-bond acceptors (Lipinski definition) is 3. The first-order chi connectivity index (χ1) is 10.2. The van der Waals surface area contributed by atoms with Crippen molar-refractivity contribution < 1.29 is 0 Å². The Morgan fingerprint density at radius 1 is 1.05 bits per heavy atom. The highest BCUT2D eigenvalue weighted by Crippen LogP contribution is 2.31. The standard InChI is InChI=1S/C16H17N5/c17-16(18)21-20-15-10-12(11-5-2-1-3-6-11)9-14-13(15)7-4-8-19-14/h1-8,12H,9-10H2,(H4,17,18,21)/b20-15+. The van der Waals surface area contributed by atoms with Crippen LogP contribution in [0.25, 0.3) is 0 Å². The lowest BCUT2D eigenvalue weighted by molar-refractivity contribution is 0.678. The van der Waals surface area contributed by atoms with E-state index in [0.29, 0.717) is 5.92 Å². The second-order valence-corrected chi connectivity index (χ2v) is 5.09. The maximum absolute atomic E-state index is 5.38. The highest BCUT2D eigenvalue weighted by Gasteiger charge is 2.25. The van der Waals surface area contributed by atoms with Gasteiger partial charge in [0.2, 0.25) is 5.96 Å². The molecule has 0 spiro atoms. The maximum Gasteiger partial charge on any atom is 0.211 e. The first-order valence-electron chi connectivity index (χ1n) is 6.88. The molecule has 0 fully saturated rings. The molecular weight excluding hydrogens is 262 g/mol. The molecule has 4 N–H and O–H groups in total. The topological polar surface area (TPSA) is 89.7 Å². The minimum Gasteiger partial charge on any atom is -0.369 e. The summed E-state index contributed by atoms with van der Waals surface area (Å²) in [6, 6.07) is 14.3. The Morgan fingerprint density at radius 3 is 2.62 bits per heavy atom. The van der Waals surface area contributed by atoms with Gasteiger partial charge in [-0.25, -0.2) is 0 Å². The van der Waals surface area contributed by atoms with E-state index in [1.807, 2.05) is 24.4 Å². The maximum atomic E-state index is 5.38. The molecular formula is C16H17N5. The molecule has 1 heterocycles. The summed E-state index contributed by atoms with van der Waals surface area (Å²) in [6.07, 6.45) is 3.52. The van der Waals surface area contributed by atoms with E-state index in [4.69, 9.17) is 11.5 Å². The highest BCUT2D eigenvalue weighted by atomic mass is 15.3. The Kier molecular flexibility index (Phi) is 3.64. The molecule has 0 saturated carbocycles. The fourth-order valence-electron chi connectivity index (χ4n) is 2.69. The molecule has 3 rings (SSSR count). The smallest absolute Gasteiger partial charge is 0.211 e.